The standard InChI is InChI=1S/C31H37N3O5/c1-4-18-38-25-11-9-23(10-12-25)29(35)27-28(24-7-5-8-26(20-24)39-19-13-22(2)3)34(31(37)30(27)36)16-6-15-33-17-14-32-21-33/h5,7-12,14,17,20-22,28,35H,4,6,13,15-16,18-19H2,1-3H3/b29-27+. The number of hydrogen-bond donors (Lipinski definition) is 1. The van der Waals surface area contributed by atoms with E-state index in [1.54, 1.807) is 41.7 Å². The van der Waals surface area contributed by atoms with Gasteiger partial charge in [0.25, 0.3) is 11.7 Å². The molecule has 3 aromatic rings. The van der Waals surface area contributed by atoms with E-state index in [2.05, 4.69) is 18.8 Å². The van der Waals surface area contributed by atoms with Crippen LogP contribution in [0.15, 0.2) is 72.8 Å². The molecule has 39 heavy (non-hydrogen) atoms. The second-order valence-corrected chi connectivity index (χ2v) is 10.1. The second kappa shape index (κ2) is 13.1. The number of amides is 1. The van der Waals surface area contributed by atoms with Gasteiger partial charge >= 0.3 is 0 Å². The number of carbonyl (C=O) groups excluding carboxylic acids is 2. The van der Waals surface area contributed by atoms with E-state index in [9.17, 15) is 14.7 Å². The number of rotatable bonds is 13. The van der Waals surface area contributed by atoms with Crippen molar-refractivity contribution in [1.29, 1.82) is 0 Å². The summed E-state index contributed by atoms with van der Waals surface area (Å²) in [5.41, 5.74) is 1.23. The number of benzene rings is 2. The van der Waals surface area contributed by atoms with Crippen LogP contribution in [0, 0.1) is 5.92 Å². The number of ether oxygens (including phenoxy) is 2. The Morgan fingerprint density at radius 2 is 1.79 bits per heavy atom. The molecule has 0 bridgehead atoms. The topological polar surface area (TPSA) is 93.9 Å². The van der Waals surface area contributed by atoms with Gasteiger partial charge in [0.15, 0.2) is 0 Å². The highest BCUT2D eigenvalue weighted by atomic mass is 16.5. The fourth-order valence-electron chi connectivity index (χ4n) is 4.57. The molecular weight excluding hydrogens is 494 g/mol. The van der Waals surface area contributed by atoms with Crippen LogP contribution in [0.3, 0.4) is 0 Å². The van der Waals surface area contributed by atoms with E-state index in [0.29, 0.717) is 61.3 Å². The van der Waals surface area contributed by atoms with E-state index in [1.165, 1.54) is 0 Å². The maximum absolute atomic E-state index is 13.4. The van der Waals surface area contributed by atoms with E-state index in [4.69, 9.17) is 9.47 Å². The average Bonchev–Trinajstić information content (AvgIpc) is 3.54. The number of aliphatic hydroxyl groups is 1. The Bertz CT molecular complexity index is 1280. The zero-order valence-corrected chi connectivity index (χ0v) is 22.9. The van der Waals surface area contributed by atoms with E-state index in [-0.39, 0.29) is 11.3 Å². The first kappa shape index (κ1) is 28.0. The highest BCUT2D eigenvalue weighted by molar-refractivity contribution is 6.46. The van der Waals surface area contributed by atoms with Gasteiger partial charge in [-0.25, -0.2) is 4.98 Å². The smallest absolute Gasteiger partial charge is 0.295 e. The maximum atomic E-state index is 13.4. The summed E-state index contributed by atoms with van der Waals surface area (Å²) in [6, 6.07) is 13.6. The Balaban J connectivity index is 1.67. The molecule has 1 atom stereocenters. The van der Waals surface area contributed by atoms with Crippen LogP contribution in [-0.4, -0.2) is 51.0 Å². The van der Waals surface area contributed by atoms with Gasteiger partial charge in [-0.1, -0.05) is 32.9 Å². The van der Waals surface area contributed by atoms with Gasteiger partial charge in [-0.2, -0.15) is 0 Å². The van der Waals surface area contributed by atoms with Crippen LogP contribution in [0.5, 0.6) is 11.5 Å². The number of aliphatic hydroxyl groups excluding tert-OH is 1. The molecule has 1 amide bonds. The molecular formula is C31H37N3O5. The lowest BCUT2D eigenvalue weighted by atomic mass is 9.95. The number of aryl methyl sites for hydroxylation is 1. The van der Waals surface area contributed by atoms with Crippen molar-refractivity contribution in [1.82, 2.24) is 14.5 Å². The molecule has 0 aliphatic carbocycles. The first-order valence-electron chi connectivity index (χ1n) is 13.6. The van der Waals surface area contributed by atoms with Gasteiger partial charge in [-0.05, 0) is 67.1 Å². The van der Waals surface area contributed by atoms with E-state index in [1.807, 2.05) is 42.0 Å². The minimum atomic E-state index is -0.738. The Labute approximate surface area is 229 Å². The molecule has 1 aliphatic heterocycles. The monoisotopic (exact) mass is 531 g/mol. The second-order valence-electron chi connectivity index (χ2n) is 10.1. The fraction of sp³-hybridized carbons (Fsp3) is 0.387. The summed E-state index contributed by atoms with van der Waals surface area (Å²) in [4.78, 5) is 32.3. The molecule has 0 radical (unpaired) electrons. The van der Waals surface area contributed by atoms with Gasteiger partial charge in [-0.3, -0.25) is 9.59 Å². The zero-order chi connectivity index (χ0) is 27.8. The third-order valence-electron chi connectivity index (χ3n) is 6.65. The predicted molar refractivity (Wildman–Crippen MR) is 149 cm³/mol. The average molecular weight is 532 g/mol. The van der Waals surface area contributed by atoms with Crippen LogP contribution in [-0.2, 0) is 16.1 Å². The SMILES string of the molecule is CCCOc1ccc(/C(O)=C2\C(=O)C(=O)N(CCCn3ccnc3)C2c2cccc(OCCC(C)C)c2)cc1. The van der Waals surface area contributed by atoms with Crippen LogP contribution < -0.4 is 9.47 Å². The third kappa shape index (κ3) is 6.88. The Morgan fingerprint density at radius 3 is 2.49 bits per heavy atom. The first-order chi connectivity index (χ1) is 18.9. The zero-order valence-electron chi connectivity index (χ0n) is 22.9. The summed E-state index contributed by atoms with van der Waals surface area (Å²) >= 11 is 0. The van der Waals surface area contributed by atoms with Gasteiger partial charge in [0.05, 0.1) is 31.2 Å². The van der Waals surface area contributed by atoms with Crippen molar-refractivity contribution in [2.45, 2.75) is 52.6 Å². The van der Waals surface area contributed by atoms with Crippen LogP contribution in [0.4, 0.5) is 0 Å². The molecule has 1 N–H and O–H groups in total. The lowest BCUT2D eigenvalue weighted by molar-refractivity contribution is -0.139. The lowest BCUT2D eigenvalue weighted by Crippen LogP contribution is -2.31. The normalized spacial score (nSPS) is 16.7. The van der Waals surface area contributed by atoms with Gasteiger partial charge in [0, 0.05) is 31.0 Å². The minimum absolute atomic E-state index is 0.0733. The Morgan fingerprint density at radius 1 is 1.03 bits per heavy atom. The number of Topliss-reactive ketones (excluding diaryl/α,β-unsaturated/α-hetero) is 1. The molecule has 4 rings (SSSR count). The molecule has 1 unspecified atom stereocenters. The van der Waals surface area contributed by atoms with Gasteiger partial charge in [-0.15, -0.1) is 0 Å². The Hall–Kier alpha value is -4.07. The molecule has 1 aliphatic rings. The van der Waals surface area contributed by atoms with E-state index >= 15 is 0 Å². The van der Waals surface area contributed by atoms with Crippen LogP contribution in [0.25, 0.3) is 5.76 Å². The third-order valence-corrected chi connectivity index (χ3v) is 6.65. The molecule has 1 saturated heterocycles. The van der Waals surface area contributed by atoms with Gasteiger partial charge in [0.2, 0.25) is 0 Å². The summed E-state index contributed by atoms with van der Waals surface area (Å²) in [5, 5.41) is 11.4. The quantitative estimate of drug-likeness (QED) is 0.175. The van der Waals surface area contributed by atoms with Crippen LogP contribution >= 0.6 is 0 Å². The molecule has 2 aromatic carbocycles. The van der Waals surface area contributed by atoms with Crippen molar-refractivity contribution in [2.24, 2.45) is 5.92 Å². The van der Waals surface area contributed by atoms with Crippen LogP contribution in [0.2, 0.25) is 0 Å². The van der Waals surface area contributed by atoms with Crippen molar-refractivity contribution >= 4 is 17.4 Å². The van der Waals surface area contributed by atoms with E-state index in [0.717, 1.165) is 12.8 Å². The number of carbonyl (C=O) groups is 2. The number of aromatic nitrogens is 2. The molecule has 8 nitrogen and oxygen atoms in total. The number of nitrogens with zero attached hydrogens (tertiary/aromatic N) is 3. The summed E-state index contributed by atoms with van der Waals surface area (Å²) in [6.45, 7) is 8.45. The first-order valence-corrected chi connectivity index (χ1v) is 13.6. The largest absolute Gasteiger partial charge is 0.507 e. The van der Waals surface area contributed by atoms with Crippen molar-refractivity contribution in [3.8, 4) is 11.5 Å². The highest BCUT2D eigenvalue weighted by Crippen LogP contribution is 2.40. The lowest BCUT2D eigenvalue weighted by Gasteiger charge is -2.26. The molecule has 8 heteroatoms. The summed E-state index contributed by atoms with van der Waals surface area (Å²) in [5.74, 6) is 0.322. The van der Waals surface area contributed by atoms with Crippen molar-refractivity contribution < 1.29 is 24.2 Å². The maximum Gasteiger partial charge on any atom is 0.295 e. The summed E-state index contributed by atoms with van der Waals surface area (Å²) < 4.78 is 13.5. The van der Waals surface area contributed by atoms with E-state index < -0.39 is 17.7 Å². The number of ketones is 1. The highest BCUT2D eigenvalue weighted by Gasteiger charge is 2.45. The summed E-state index contributed by atoms with van der Waals surface area (Å²) in [7, 11) is 0. The van der Waals surface area contributed by atoms with Gasteiger partial charge in [0.1, 0.15) is 17.3 Å². The minimum Gasteiger partial charge on any atom is -0.507 e. The number of hydrogen-bond acceptors (Lipinski definition) is 6. The predicted octanol–water partition coefficient (Wildman–Crippen LogP) is 5.61. The summed E-state index contributed by atoms with van der Waals surface area (Å²) in [6.07, 6.45) is 7.69. The molecule has 0 saturated carbocycles. The molecule has 1 aromatic heterocycles. The number of imidazole rings is 1. The fourth-order valence-corrected chi connectivity index (χ4v) is 4.57. The number of likely N-dealkylation sites (tertiary alicyclic amines) is 1. The molecule has 1 fully saturated rings. The van der Waals surface area contributed by atoms with Crippen LogP contribution in [0.1, 0.15) is 57.2 Å². The van der Waals surface area contributed by atoms with Crippen molar-refractivity contribution in [2.75, 3.05) is 19.8 Å². The molecule has 206 valence electrons. The van der Waals surface area contributed by atoms with Crippen molar-refractivity contribution in [3.63, 3.8) is 0 Å². The van der Waals surface area contributed by atoms with Gasteiger partial charge < -0.3 is 24.0 Å². The molecule has 2 heterocycles. The van der Waals surface area contributed by atoms with Crippen molar-refractivity contribution in [3.05, 3.63) is 84.0 Å². The molecule has 0 spiro atoms. The Kier molecular flexibility index (Phi) is 9.41.